The SMILES string of the molecule is CCCCC=C[Si](C[Si](C=CCCCC)(OCCCC)OCCCC)(OCCCC)OCCCC. The van der Waals surface area contributed by atoms with Crippen molar-refractivity contribution < 1.29 is 17.7 Å². The lowest BCUT2D eigenvalue weighted by Gasteiger charge is -2.36. The molecule has 0 aliphatic heterocycles. The summed E-state index contributed by atoms with van der Waals surface area (Å²) in [6, 6.07) is 0. The molecule has 35 heavy (non-hydrogen) atoms. The number of rotatable bonds is 26. The first-order valence-corrected chi connectivity index (χ1v) is 19.2. The number of hydrogen-bond acceptors (Lipinski definition) is 4. The zero-order valence-electron chi connectivity index (χ0n) is 24.4. The minimum absolute atomic E-state index is 0.751. The van der Waals surface area contributed by atoms with Gasteiger partial charge in [-0.3, -0.25) is 0 Å². The van der Waals surface area contributed by atoms with Crippen LogP contribution in [0.5, 0.6) is 0 Å². The van der Waals surface area contributed by atoms with Gasteiger partial charge in [-0.25, -0.2) is 0 Å². The van der Waals surface area contributed by atoms with Gasteiger partial charge < -0.3 is 17.7 Å². The maximum Gasteiger partial charge on any atom is 0.367 e. The van der Waals surface area contributed by atoms with Gasteiger partial charge in [-0.15, -0.1) is 0 Å². The maximum atomic E-state index is 6.76. The van der Waals surface area contributed by atoms with Crippen molar-refractivity contribution in [3.05, 3.63) is 23.6 Å². The Morgan fingerprint density at radius 1 is 0.429 bits per heavy atom. The molecule has 0 saturated carbocycles. The third-order valence-corrected chi connectivity index (χ3v) is 14.3. The topological polar surface area (TPSA) is 36.9 Å². The highest BCUT2D eigenvalue weighted by Crippen LogP contribution is 2.29. The number of unbranched alkanes of at least 4 members (excludes halogenated alkanes) is 8. The molecule has 0 aliphatic rings. The van der Waals surface area contributed by atoms with E-state index >= 15 is 0 Å². The van der Waals surface area contributed by atoms with E-state index in [-0.39, 0.29) is 0 Å². The van der Waals surface area contributed by atoms with Crippen molar-refractivity contribution >= 4 is 17.1 Å². The third kappa shape index (κ3) is 17.8. The van der Waals surface area contributed by atoms with Gasteiger partial charge in [-0.05, 0) is 49.9 Å². The van der Waals surface area contributed by atoms with Crippen molar-refractivity contribution in [2.45, 2.75) is 137 Å². The molecule has 0 rings (SSSR count). The lowest BCUT2D eigenvalue weighted by Crippen LogP contribution is -2.54. The van der Waals surface area contributed by atoms with Crippen molar-refractivity contribution in [1.29, 1.82) is 0 Å². The minimum Gasteiger partial charge on any atom is -0.391 e. The molecule has 0 atom stereocenters. The fourth-order valence-corrected chi connectivity index (χ4v) is 12.6. The predicted molar refractivity (Wildman–Crippen MR) is 157 cm³/mol. The third-order valence-electron chi connectivity index (χ3n) is 6.06. The van der Waals surface area contributed by atoms with Gasteiger partial charge in [0.1, 0.15) is 0 Å². The first-order chi connectivity index (χ1) is 17.1. The second kappa shape index (κ2) is 24.1. The van der Waals surface area contributed by atoms with Gasteiger partial charge in [0, 0.05) is 32.1 Å². The van der Waals surface area contributed by atoms with Gasteiger partial charge in [0.15, 0.2) is 0 Å². The number of allylic oxidation sites excluding steroid dienone is 2. The van der Waals surface area contributed by atoms with E-state index in [0.29, 0.717) is 0 Å². The van der Waals surface area contributed by atoms with Gasteiger partial charge in [-0.2, -0.15) is 0 Å². The smallest absolute Gasteiger partial charge is 0.367 e. The zero-order chi connectivity index (χ0) is 26.1. The van der Waals surface area contributed by atoms with E-state index in [1.165, 1.54) is 25.7 Å². The van der Waals surface area contributed by atoms with E-state index in [4.69, 9.17) is 17.7 Å². The summed E-state index contributed by atoms with van der Waals surface area (Å²) in [5, 5.41) is 0. The largest absolute Gasteiger partial charge is 0.391 e. The van der Waals surface area contributed by atoms with Crippen molar-refractivity contribution in [1.82, 2.24) is 0 Å². The van der Waals surface area contributed by atoms with Crippen molar-refractivity contribution in [3.63, 3.8) is 0 Å². The molecule has 0 aromatic carbocycles. The van der Waals surface area contributed by atoms with Crippen LogP contribution in [0.3, 0.4) is 0 Å². The van der Waals surface area contributed by atoms with E-state index < -0.39 is 17.1 Å². The first kappa shape index (κ1) is 34.8. The van der Waals surface area contributed by atoms with E-state index in [2.05, 4.69) is 65.1 Å². The maximum absolute atomic E-state index is 6.76. The van der Waals surface area contributed by atoms with E-state index in [1.807, 2.05) is 0 Å². The van der Waals surface area contributed by atoms with E-state index in [9.17, 15) is 0 Å². The summed E-state index contributed by atoms with van der Waals surface area (Å²) in [4.78, 5) is 0. The summed E-state index contributed by atoms with van der Waals surface area (Å²) >= 11 is 0. The van der Waals surface area contributed by atoms with Crippen molar-refractivity contribution in [2.24, 2.45) is 0 Å². The quantitative estimate of drug-likeness (QED) is 0.0828. The lowest BCUT2D eigenvalue weighted by molar-refractivity contribution is 0.155. The fourth-order valence-electron chi connectivity index (χ4n) is 3.67. The molecule has 0 heterocycles. The number of hydrogen-bond donors (Lipinski definition) is 0. The molecule has 208 valence electrons. The molecule has 0 unspecified atom stereocenters. The highest BCUT2D eigenvalue weighted by atomic mass is 28.4. The average Bonchev–Trinajstić information content (AvgIpc) is 2.85. The van der Waals surface area contributed by atoms with Crippen LogP contribution >= 0.6 is 0 Å². The standard InChI is InChI=1S/C29H60O4Si2/c1-7-13-19-21-27-34(30-23-15-9-3,31-24-16-10-4)29-35(32-25-17-11-5,33-26-18-12-6)28-22-20-14-8-2/h21-22,27-28H,7-20,23-26,29H2,1-6H3. The molecule has 0 saturated heterocycles. The highest BCUT2D eigenvalue weighted by molar-refractivity contribution is 6.90. The summed E-state index contributed by atoms with van der Waals surface area (Å²) in [7, 11) is -5.33. The van der Waals surface area contributed by atoms with Crippen LogP contribution in [0.15, 0.2) is 23.6 Å². The Hall–Kier alpha value is -0.246. The summed E-state index contributed by atoms with van der Waals surface area (Å²) in [5.74, 6) is 0. The lowest BCUT2D eigenvalue weighted by atomic mass is 10.2. The zero-order valence-corrected chi connectivity index (χ0v) is 26.4. The van der Waals surface area contributed by atoms with E-state index in [0.717, 1.165) is 96.3 Å². The normalized spacial score (nSPS) is 13.0. The van der Waals surface area contributed by atoms with Gasteiger partial charge in [-0.1, -0.05) is 105 Å². The molecule has 4 nitrogen and oxygen atoms in total. The molecule has 6 heteroatoms. The van der Waals surface area contributed by atoms with Crippen LogP contribution in [-0.4, -0.2) is 43.5 Å². The molecule has 0 fully saturated rings. The monoisotopic (exact) mass is 528 g/mol. The molecule has 0 aromatic rings. The summed E-state index contributed by atoms with van der Waals surface area (Å²) in [6.45, 7) is 16.4. The molecule has 0 spiro atoms. The Bertz CT molecular complexity index is 447. The van der Waals surface area contributed by atoms with Gasteiger partial charge in [0.25, 0.3) is 0 Å². The van der Waals surface area contributed by atoms with Crippen LogP contribution in [0.1, 0.15) is 131 Å². The average molecular weight is 529 g/mol. The van der Waals surface area contributed by atoms with Crippen LogP contribution in [0.25, 0.3) is 0 Å². The van der Waals surface area contributed by atoms with Gasteiger partial charge in [0.2, 0.25) is 0 Å². The molecular formula is C29H60O4Si2. The van der Waals surface area contributed by atoms with Crippen LogP contribution in [-0.2, 0) is 17.7 Å². The van der Waals surface area contributed by atoms with Gasteiger partial charge in [0.05, 0.1) is 0 Å². The second-order valence-corrected chi connectivity index (χ2v) is 16.2. The van der Waals surface area contributed by atoms with Crippen molar-refractivity contribution in [3.8, 4) is 0 Å². The Morgan fingerprint density at radius 3 is 0.971 bits per heavy atom. The predicted octanol–water partition coefficient (Wildman–Crippen LogP) is 9.25. The van der Waals surface area contributed by atoms with Crippen molar-refractivity contribution in [2.75, 3.05) is 26.4 Å². The second-order valence-electron chi connectivity index (χ2n) is 9.70. The molecule has 0 amide bonds. The van der Waals surface area contributed by atoms with Crippen LogP contribution in [0.2, 0.25) is 5.67 Å². The Labute approximate surface area is 221 Å². The van der Waals surface area contributed by atoms with Gasteiger partial charge >= 0.3 is 17.1 Å². The Balaban J connectivity index is 6.21. The van der Waals surface area contributed by atoms with E-state index in [1.54, 1.807) is 0 Å². The summed E-state index contributed by atoms with van der Waals surface area (Å²) < 4.78 is 27.1. The molecule has 0 bridgehead atoms. The molecular weight excluding hydrogens is 468 g/mol. The fraction of sp³-hybridized carbons (Fsp3) is 0.862. The first-order valence-electron chi connectivity index (χ1n) is 15.0. The van der Waals surface area contributed by atoms with Crippen LogP contribution < -0.4 is 0 Å². The Morgan fingerprint density at radius 2 is 0.714 bits per heavy atom. The minimum atomic E-state index is -2.66. The molecule has 0 radical (unpaired) electrons. The highest BCUT2D eigenvalue weighted by Gasteiger charge is 2.49. The molecule has 0 aliphatic carbocycles. The molecule has 0 aromatic heterocycles. The Kier molecular flexibility index (Phi) is 23.9. The summed E-state index contributed by atoms with van der Waals surface area (Å²) in [5.41, 5.74) is 5.45. The summed E-state index contributed by atoms with van der Waals surface area (Å²) in [6.07, 6.45) is 20.3. The van der Waals surface area contributed by atoms with Crippen LogP contribution in [0, 0.1) is 0 Å². The molecule has 0 N–H and O–H groups in total. The van der Waals surface area contributed by atoms with Crippen LogP contribution in [0.4, 0.5) is 0 Å².